The van der Waals surface area contributed by atoms with Crippen LogP contribution in [0.2, 0.25) is 10.0 Å². The van der Waals surface area contributed by atoms with Gasteiger partial charge in [0.25, 0.3) is 0 Å². The second kappa shape index (κ2) is 8.43. The molecule has 0 saturated heterocycles. The van der Waals surface area contributed by atoms with E-state index >= 15 is 0 Å². The normalized spacial score (nSPS) is 10.6. The fourth-order valence-electron chi connectivity index (χ4n) is 2.42. The van der Waals surface area contributed by atoms with Gasteiger partial charge in [0.05, 0.1) is 5.02 Å². The first-order valence-electron chi connectivity index (χ1n) is 8.17. The Morgan fingerprint density at radius 1 is 0.885 bits per heavy atom. The standard InChI is InChI=1S/C21H18Cl2FNO/c1-14-2-8-18(11-19(14)22)25-12-16-5-9-21(20(23)10-16)26-13-15-3-6-17(24)7-4-15/h2-11,25H,12-13H2,1H3. The lowest BCUT2D eigenvalue weighted by atomic mass is 10.2. The van der Waals surface area contributed by atoms with Gasteiger partial charge in [-0.1, -0.05) is 47.5 Å². The molecule has 0 aliphatic rings. The molecule has 0 aliphatic heterocycles. The summed E-state index contributed by atoms with van der Waals surface area (Å²) in [5, 5.41) is 4.59. The lowest BCUT2D eigenvalue weighted by Gasteiger charge is -2.11. The molecule has 3 aromatic carbocycles. The maximum Gasteiger partial charge on any atom is 0.138 e. The molecular formula is C21H18Cl2FNO. The summed E-state index contributed by atoms with van der Waals surface area (Å²) in [6.45, 7) is 2.92. The van der Waals surface area contributed by atoms with E-state index in [9.17, 15) is 4.39 Å². The van der Waals surface area contributed by atoms with E-state index in [0.29, 0.717) is 23.9 Å². The Kier molecular flexibility index (Phi) is 6.02. The lowest BCUT2D eigenvalue weighted by Crippen LogP contribution is -2.01. The van der Waals surface area contributed by atoms with Crippen molar-refractivity contribution in [3.8, 4) is 5.75 Å². The lowest BCUT2D eigenvalue weighted by molar-refractivity contribution is 0.306. The van der Waals surface area contributed by atoms with Gasteiger partial charge < -0.3 is 10.1 Å². The average Bonchev–Trinajstić information content (AvgIpc) is 2.63. The zero-order chi connectivity index (χ0) is 18.5. The smallest absolute Gasteiger partial charge is 0.138 e. The van der Waals surface area contributed by atoms with Gasteiger partial charge in [-0.3, -0.25) is 0 Å². The summed E-state index contributed by atoms with van der Waals surface area (Å²) in [4.78, 5) is 0. The number of halogens is 3. The molecule has 0 radical (unpaired) electrons. The topological polar surface area (TPSA) is 21.3 Å². The molecule has 0 aliphatic carbocycles. The number of ether oxygens (including phenoxy) is 1. The Balaban J connectivity index is 1.59. The molecule has 3 aromatic rings. The van der Waals surface area contributed by atoms with Gasteiger partial charge in [0.2, 0.25) is 0 Å². The van der Waals surface area contributed by atoms with Crippen LogP contribution in [0.5, 0.6) is 5.75 Å². The Hall–Kier alpha value is -2.23. The molecule has 0 saturated carbocycles. The van der Waals surface area contributed by atoms with Crippen LogP contribution in [-0.2, 0) is 13.2 Å². The molecule has 0 unspecified atom stereocenters. The van der Waals surface area contributed by atoms with E-state index in [4.69, 9.17) is 27.9 Å². The molecule has 2 nitrogen and oxygen atoms in total. The van der Waals surface area contributed by atoms with Crippen molar-refractivity contribution < 1.29 is 9.13 Å². The number of aryl methyl sites for hydroxylation is 1. The molecule has 134 valence electrons. The second-order valence-electron chi connectivity index (χ2n) is 6.00. The van der Waals surface area contributed by atoms with Crippen molar-refractivity contribution in [2.24, 2.45) is 0 Å². The number of anilines is 1. The minimum absolute atomic E-state index is 0.265. The molecule has 0 spiro atoms. The number of rotatable bonds is 6. The quantitative estimate of drug-likeness (QED) is 0.510. The van der Waals surface area contributed by atoms with Crippen molar-refractivity contribution in [2.75, 3.05) is 5.32 Å². The molecule has 3 rings (SSSR count). The van der Waals surface area contributed by atoms with Gasteiger partial charge in [-0.15, -0.1) is 0 Å². The van der Waals surface area contributed by atoms with E-state index in [-0.39, 0.29) is 5.82 Å². The Labute approximate surface area is 162 Å². The SMILES string of the molecule is Cc1ccc(NCc2ccc(OCc3ccc(F)cc3)c(Cl)c2)cc1Cl. The highest BCUT2D eigenvalue weighted by Crippen LogP contribution is 2.27. The zero-order valence-electron chi connectivity index (χ0n) is 14.2. The van der Waals surface area contributed by atoms with Gasteiger partial charge in [-0.2, -0.15) is 0 Å². The largest absolute Gasteiger partial charge is 0.487 e. The molecule has 0 atom stereocenters. The van der Waals surface area contributed by atoms with Crippen LogP contribution in [0.15, 0.2) is 60.7 Å². The predicted octanol–water partition coefficient (Wildman–Crippen LogP) is 6.63. The number of benzene rings is 3. The monoisotopic (exact) mass is 389 g/mol. The number of hydrogen-bond acceptors (Lipinski definition) is 2. The average molecular weight is 390 g/mol. The highest BCUT2D eigenvalue weighted by atomic mass is 35.5. The minimum atomic E-state index is -0.265. The summed E-state index contributed by atoms with van der Waals surface area (Å²) in [6.07, 6.45) is 0. The van der Waals surface area contributed by atoms with Crippen LogP contribution in [-0.4, -0.2) is 0 Å². The molecule has 0 amide bonds. The van der Waals surface area contributed by atoms with Crippen LogP contribution >= 0.6 is 23.2 Å². The van der Waals surface area contributed by atoms with Crippen molar-refractivity contribution in [2.45, 2.75) is 20.1 Å². The van der Waals surface area contributed by atoms with Crippen LogP contribution in [0.3, 0.4) is 0 Å². The van der Waals surface area contributed by atoms with Gasteiger partial charge in [-0.25, -0.2) is 4.39 Å². The Morgan fingerprint density at radius 3 is 2.31 bits per heavy atom. The Bertz CT molecular complexity index is 897. The van der Waals surface area contributed by atoms with Crippen molar-refractivity contribution >= 4 is 28.9 Å². The van der Waals surface area contributed by atoms with E-state index < -0.39 is 0 Å². The highest BCUT2D eigenvalue weighted by Gasteiger charge is 2.05. The van der Waals surface area contributed by atoms with Gasteiger partial charge in [0.1, 0.15) is 18.2 Å². The first kappa shape index (κ1) is 18.6. The summed E-state index contributed by atoms with van der Waals surface area (Å²) in [7, 11) is 0. The third-order valence-electron chi connectivity index (χ3n) is 3.97. The highest BCUT2D eigenvalue weighted by molar-refractivity contribution is 6.32. The zero-order valence-corrected chi connectivity index (χ0v) is 15.7. The van der Waals surface area contributed by atoms with Crippen LogP contribution in [0, 0.1) is 12.7 Å². The van der Waals surface area contributed by atoms with Crippen molar-refractivity contribution in [1.29, 1.82) is 0 Å². The van der Waals surface area contributed by atoms with Crippen molar-refractivity contribution in [1.82, 2.24) is 0 Å². The predicted molar refractivity (Wildman–Crippen MR) is 106 cm³/mol. The summed E-state index contributed by atoms with van der Waals surface area (Å²) >= 11 is 12.5. The first-order chi connectivity index (χ1) is 12.5. The van der Waals surface area contributed by atoms with Crippen molar-refractivity contribution in [3.63, 3.8) is 0 Å². The second-order valence-corrected chi connectivity index (χ2v) is 6.81. The van der Waals surface area contributed by atoms with E-state index in [1.807, 2.05) is 43.3 Å². The van der Waals surface area contributed by atoms with Crippen LogP contribution in [0.4, 0.5) is 10.1 Å². The van der Waals surface area contributed by atoms with Crippen LogP contribution in [0.1, 0.15) is 16.7 Å². The van der Waals surface area contributed by atoms with E-state index in [1.54, 1.807) is 12.1 Å². The van der Waals surface area contributed by atoms with E-state index in [1.165, 1.54) is 12.1 Å². The summed E-state index contributed by atoms with van der Waals surface area (Å²) in [5.41, 5.74) is 3.90. The molecule has 26 heavy (non-hydrogen) atoms. The van der Waals surface area contributed by atoms with Gasteiger partial charge in [-0.05, 0) is 60.0 Å². The maximum atomic E-state index is 12.9. The van der Waals surface area contributed by atoms with Gasteiger partial charge in [0, 0.05) is 17.3 Å². The van der Waals surface area contributed by atoms with Gasteiger partial charge >= 0.3 is 0 Å². The van der Waals surface area contributed by atoms with E-state index in [2.05, 4.69) is 5.32 Å². The molecular weight excluding hydrogens is 372 g/mol. The number of hydrogen-bond donors (Lipinski definition) is 1. The molecule has 0 bridgehead atoms. The molecule has 0 aromatic heterocycles. The van der Waals surface area contributed by atoms with Crippen LogP contribution < -0.4 is 10.1 Å². The van der Waals surface area contributed by atoms with Crippen molar-refractivity contribution in [3.05, 3.63) is 93.2 Å². The number of nitrogens with one attached hydrogen (secondary N) is 1. The fraction of sp³-hybridized carbons (Fsp3) is 0.143. The summed E-state index contributed by atoms with van der Waals surface area (Å²) < 4.78 is 18.6. The molecule has 1 N–H and O–H groups in total. The van der Waals surface area contributed by atoms with Gasteiger partial charge in [0.15, 0.2) is 0 Å². The third-order valence-corrected chi connectivity index (χ3v) is 4.67. The first-order valence-corrected chi connectivity index (χ1v) is 8.92. The minimum Gasteiger partial charge on any atom is -0.487 e. The maximum absolute atomic E-state index is 12.9. The van der Waals surface area contributed by atoms with E-state index in [0.717, 1.165) is 27.4 Å². The molecule has 0 heterocycles. The summed E-state index contributed by atoms with van der Waals surface area (Å²) in [6, 6.07) is 17.7. The summed E-state index contributed by atoms with van der Waals surface area (Å²) in [5.74, 6) is 0.330. The molecule has 0 fully saturated rings. The molecule has 5 heteroatoms. The fourth-order valence-corrected chi connectivity index (χ4v) is 2.86. The van der Waals surface area contributed by atoms with Crippen LogP contribution in [0.25, 0.3) is 0 Å². The Morgan fingerprint density at radius 2 is 1.62 bits per heavy atom. The third kappa shape index (κ3) is 4.90.